The van der Waals surface area contributed by atoms with Crippen molar-refractivity contribution in [2.45, 2.75) is 6.92 Å². The van der Waals surface area contributed by atoms with Crippen molar-refractivity contribution in [3.63, 3.8) is 0 Å². The number of anilines is 4. The van der Waals surface area contributed by atoms with Crippen LogP contribution in [0.1, 0.15) is 5.69 Å². The second kappa shape index (κ2) is 9.44. The minimum absolute atomic E-state index is 0. The number of fused-ring (bicyclic) bond motifs is 1. The number of aromatic nitrogens is 2. The van der Waals surface area contributed by atoms with Crippen LogP contribution in [0, 0.1) is 19.7 Å². The van der Waals surface area contributed by atoms with Crippen molar-refractivity contribution in [3.8, 4) is 22.7 Å². The molecule has 0 unspecified atom stereocenters. The molecule has 0 amide bonds. The topological polar surface area (TPSA) is 44.5 Å². The molecule has 0 aliphatic carbocycles. The normalized spacial score (nSPS) is 12.4. The Labute approximate surface area is 219 Å². The minimum Gasteiger partial charge on any atom is -0.506 e. The Morgan fingerprint density at radius 1 is 0.743 bits per heavy atom. The maximum Gasteiger partial charge on any atom is 2.00 e. The summed E-state index contributed by atoms with van der Waals surface area (Å²) >= 11 is 0. The standard InChI is InChI=1S/C29H22N4O.Pt/c1-21-18-25(30-33(21)28-16-7-8-17-29(28)34)22-10-9-13-24(19-22)32-20-31(23-11-3-2-4-12-23)26-14-5-6-15-27(26)32;/h2-18,20,34H,1H3;/q-2;+2. The van der Waals surface area contributed by atoms with Crippen LogP contribution in [-0.4, -0.2) is 14.9 Å². The summed E-state index contributed by atoms with van der Waals surface area (Å²) in [6.45, 7) is 4.08. The predicted molar refractivity (Wildman–Crippen MR) is 136 cm³/mol. The third kappa shape index (κ3) is 4.13. The Bertz CT molecular complexity index is 1480. The maximum atomic E-state index is 10.3. The summed E-state index contributed by atoms with van der Waals surface area (Å²) in [7, 11) is 0. The van der Waals surface area contributed by atoms with Gasteiger partial charge in [0.2, 0.25) is 0 Å². The van der Waals surface area contributed by atoms with Crippen molar-refractivity contribution in [1.82, 2.24) is 9.78 Å². The van der Waals surface area contributed by atoms with Gasteiger partial charge in [-0.2, -0.15) is 0 Å². The zero-order valence-electron chi connectivity index (χ0n) is 18.9. The molecule has 5 aromatic rings. The molecule has 174 valence electrons. The van der Waals surface area contributed by atoms with Crippen molar-refractivity contribution < 1.29 is 26.2 Å². The number of benzene rings is 4. The van der Waals surface area contributed by atoms with Gasteiger partial charge in [-0.3, -0.25) is 0 Å². The molecule has 1 aliphatic rings. The number of nitrogens with zero attached hydrogens (tertiary/aromatic N) is 4. The summed E-state index contributed by atoms with van der Waals surface area (Å²) < 4.78 is 1.76. The molecule has 6 heteroatoms. The number of aryl methyl sites for hydroxylation is 1. The third-order valence-corrected chi connectivity index (χ3v) is 5.98. The van der Waals surface area contributed by atoms with E-state index in [1.54, 1.807) is 16.8 Å². The summed E-state index contributed by atoms with van der Waals surface area (Å²) in [6.07, 6.45) is 0. The zero-order chi connectivity index (χ0) is 23.1. The van der Waals surface area contributed by atoms with Crippen molar-refractivity contribution in [1.29, 1.82) is 0 Å². The Morgan fingerprint density at radius 2 is 1.40 bits per heavy atom. The van der Waals surface area contributed by atoms with Gasteiger partial charge >= 0.3 is 21.1 Å². The van der Waals surface area contributed by atoms with Gasteiger partial charge in [0.1, 0.15) is 11.4 Å². The first-order valence-electron chi connectivity index (χ1n) is 11.1. The molecule has 0 spiro atoms. The van der Waals surface area contributed by atoms with Gasteiger partial charge in [-0.25, -0.2) is 9.78 Å². The van der Waals surface area contributed by atoms with Crippen molar-refractivity contribution in [2.75, 3.05) is 9.80 Å². The van der Waals surface area contributed by atoms with Crippen LogP contribution in [-0.2, 0) is 21.1 Å². The number of phenolic OH excluding ortho intramolecular Hbond substituents is 1. The summed E-state index contributed by atoms with van der Waals surface area (Å²) in [5.41, 5.74) is 7.52. The molecule has 1 N–H and O–H groups in total. The van der Waals surface area contributed by atoms with Gasteiger partial charge in [0.15, 0.2) is 0 Å². The molecule has 0 atom stereocenters. The quantitative estimate of drug-likeness (QED) is 0.221. The summed E-state index contributed by atoms with van der Waals surface area (Å²) in [5.74, 6) is 0.197. The van der Waals surface area contributed by atoms with E-state index in [4.69, 9.17) is 5.10 Å². The third-order valence-electron chi connectivity index (χ3n) is 5.98. The molecule has 0 bridgehead atoms. The molecule has 5 nitrogen and oxygen atoms in total. The van der Waals surface area contributed by atoms with Crippen LogP contribution < -0.4 is 9.80 Å². The van der Waals surface area contributed by atoms with Gasteiger partial charge in [0, 0.05) is 28.5 Å². The fourth-order valence-electron chi connectivity index (χ4n) is 4.34. The smallest absolute Gasteiger partial charge is 0.506 e. The molecule has 2 heterocycles. The van der Waals surface area contributed by atoms with Crippen LogP contribution in [0.4, 0.5) is 22.7 Å². The minimum atomic E-state index is 0. The molecular formula is C29H22N4OPt. The van der Waals surface area contributed by atoms with Gasteiger partial charge in [-0.15, -0.1) is 36.5 Å². The summed E-state index contributed by atoms with van der Waals surface area (Å²) in [5, 5.41) is 15.1. The van der Waals surface area contributed by atoms with E-state index < -0.39 is 0 Å². The van der Waals surface area contributed by atoms with E-state index in [1.165, 1.54) is 0 Å². The first-order chi connectivity index (χ1) is 16.7. The van der Waals surface area contributed by atoms with Crippen LogP contribution in [0.15, 0.2) is 103 Å². The predicted octanol–water partition coefficient (Wildman–Crippen LogP) is 6.76. The van der Waals surface area contributed by atoms with Crippen LogP contribution in [0.2, 0.25) is 0 Å². The average molecular weight is 638 g/mol. The Kier molecular flexibility index (Phi) is 6.19. The molecule has 0 saturated heterocycles. The molecule has 6 rings (SSSR count). The van der Waals surface area contributed by atoms with E-state index in [-0.39, 0.29) is 26.8 Å². The van der Waals surface area contributed by atoms with Crippen LogP contribution in [0.3, 0.4) is 0 Å². The van der Waals surface area contributed by atoms with Crippen LogP contribution in [0.5, 0.6) is 5.75 Å². The van der Waals surface area contributed by atoms with E-state index in [0.29, 0.717) is 5.69 Å². The van der Waals surface area contributed by atoms with E-state index in [9.17, 15) is 5.11 Å². The van der Waals surface area contributed by atoms with Gasteiger partial charge < -0.3 is 14.9 Å². The number of para-hydroxylation sites is 5. The van der Waals surface area contributed by atoms with Crippen molar-refractivity contribution >= 4 is 22.7 Å². The number of rotatable bonds is 4. The van der Waals surface area contributed by atoms with E-state index in [0.717, 1.165) is 39.7 Å². The molecule has 0 fully saturated rings. The maximum absolute atomic E-state index is 10.3. The van der Waals surface area contributed by atoms with Gasteiger partial charge in [-0.1, -0.05) is 54.2 Å². The first-order valence-corrected chi connectivity index (χ1v) is 11.1. The number of aromatic hydroxyl groups is 1. The Balaban J connectivity index is 0.00000253. The number of hydrogen-bond acceptors (Lipinski definition) is 4. The van der Waals surface area contributed by atoms with Gasteiger partial charge in [0.05, 0.1) is 0 Å². The first kappa shape index (κ1) is 22.9. The van der Waals surface area contributed by atoms with E-state index >= 15 is 0 Å². The zero-order valence-corrected chi connectivity index (χ0v) is 21.2. The van der Waals surface area contributed by atoms with Crippen LogP contribution in [0.25, 0.3) is 16.9 Å². The monoisotopic (exact) mass is 637 g/mol. The van der Waals surface area contributed by atoms with Gasteiger partial charge in [0.25, 0.3) is 0 Å². The second-order valence-corrected chi connectivity index (χ2v) is 8.20. The fraction of sp³-hybridized carbons (Fsp3) is 0.0345. The SMILES string of the molecule is Cc1cc(-c2[c-]c(N3[CH-]N(c4ccccc4)c4ccccc43)ccc2)nn1-c1ccccc1O.[Pt+2]. The molecule has 0 saturated carbocycles. The Hall–Kier alpha value is -3.82. The molecular weight excluding hydrogens is 615 g/mol. The van der Waals surface area contributed by atoms with Gasteiger partial charge in [-0.05, 0) is 43.3 Å². The van der Waals surface area contributed by atoms with E-state index in [2.05, 4.69) is 65.0 Å². The van der Waals surface area contributed by atoms with E-state index in [1.807, 2.05) is 55.5 Å². The second-order valence-electron chi connectivity index (χ2n) is 8.20. The number of hydrogen-bond donors (Lipinski definition) is 1. The van der Waals surface area contributed by atoms with Crippen molar-refractivity contribution in [2.24, 2.45) is 0 Å². The molecule has 4 aromatic carbocycles. The molecule has 0 radical (unpaired) electrons. The average Bonchev–Trinajstić information content (AvgIpc) is 3.46. The number of phenols is 1. The molecule has 1 aliphatic heterocycles. The van der Waals surface area contributed by atoms with Crippen molar-refractivity contribution in [3.05, 3.63) is 122 Å². The molecule has 1 aromatic heterocycles. The summed E-state index contributed by atoms with van der Waals surface area (Å²) in [4.78, 5) is 4.34. The fourth-order valence-corrected chi connectivity index (χ4v) is 4.34. The summed E-state index contributed by atoms with van der Waals surface area (Å²) in [6, 6.07) is 37.5. The Morgan fingerprint density at radius 3 is 2.14 bits per heavy atom. The largest absolute Gasteiger partial charge is 2.00 e. The molecule has 35 heavy (non-hydrogen) atoms. The van der Waals surface area contributed by atoms with Crippen LogP contribution >= 0.6 is 0 Å².